The SMILES string of the molecule is CCCCCCCCCCn1ccc2cc(-c3noc([C@@H]4CCC[N+]4=C(N)N)n3)ccc21.[Cl-]. The molecule has 0 unspecified atom stereocenters. The molecule has 2 aromatic heterocycles. The second kappa shape index (κ2) is 12.1. The third-order valence-corrected chi connectivity index (χ3v) is 6.59. The molecule has 7 nitrogen and oxygen atoms in total. The van der Waals surface area contributed by atoms with E-state index in [4.69, 9.17) is 16.0 Å². The van der Waals surface area contributed by atoms with Crippen molar-refractivity contribution < 1.29 is 21.5 Å². The summed E-state index contributed by atoms with van der Waals surface area (Å²) in [5.41, 5.74) is 13.8. The maximum atomic E-state index is 5.81. The van der Waals surface area contributed by atoms with Gasteiger partial charge in [0, 0.05) is 29.2 Å². The first-order valence-corrected chi connectivity index (χ1v) is 12.2. The van der Waals surface area contributed by atoms with Crippen molar-refractivity contribution in [2.75, 3.05) is 6.54 Å². The van der Waals surface area contributed by atoms with E-state index in [2.05, 4.69) is 52.1 Å². The Morgan fingerprint density at radius 3 is 2.61 bits per heavy atom. The second-order valence-electron chi connectivity index (χ2n) is 8.99. The zero-order valence-corrected chi connectivity index (χ0v) is 20.4. The first-order valence-electron chi connectivity index (χ1n) is 12.2. The Hall–Kier alpha value is -2.54. The van der Waals surface area contributed by atoms with Gasteiger partial charge in [-0.2, -0.15) is 4.98 Å². The van der Waals surface area contributed by atoms with Gasteiger partial charge in [0.25, 0.3) is 5.89 Å². The van der Waals surface area contributed by atoms with Gasteiger partial charge >= 0.3 is 5.96 Å². The number of guanidine groups is 1. The average Bonchev–Trinajstić information content (AvgIpc) is 3.54. The van der Waals surface area contributed by atoms with E-state index in [1.165, 1.54) is 62.3 Å². The number of unbranched alkanes of at least 4 members (excludes halogenated alkanes) is 7. The van der Waals surface area contributed by atoms with Crippen LogP contribution in [-0.2, 0) is 6.54 Å². The second-order valence-corrected chi connectivity index (χ2v) is 8.99. The first kappa shape index (κ1) is 25.1. The van der Waals surface area contributed by atoms with Crippen LogP contribution in [0.4, 0.5) is 0 Å². The molecule has 1 atom stereocenters. The van der Waals surface area contributed by atoms with E-state index in [0.29, 0.717) is 17.7 Å². The minimum absolute atomic E-state index is 0. The standard InChI is InChI=1S/C25H36N6O.ClH/c1-2-3-4-5-6-7-8-9-15-30-17-14-19-18-20(12-13-21(19)30)23-28-24(32-29-23)22-11-10-16-31(22)25(26)27;/h12-14,17-18,22H,2-11,15-16H2,1H3,(H3,26,27);1H/t22-;/m0./s1. The van der Waals surface area contributed by atoms with Crippen molar-refractivity contribution in [3.8, 4) is 11.4 Å². The summed E-state index contributed by atoms with van der Waals surface area (Å²) < 4.78 is 9.87. The molecule has 0 bridgehead atoms. The van der Waals surface area contributed by atoms with Crippen LogP contribution in [0.25, 0.3) is 22.3 Å². The molecular weight excluding hydrogens is 436 g/mol. The summed E-state index contributed by atoms with van der Waals surface area (Å²) in [6.07, 6.45) is 14.8. The van der Waals surface area contributed by atoms with E-state index in [0.717, 1.165) is 31.5 Å². The highest BCUT2D eigenvalue weighted by molar-refractivity contribution is 5.84. The van der Waals surface area contributed by atoms with Crippen molar-refractivity contribution in [2.24, 2.45) is 11.5 Å². The maximum Gasteiger partial charge on any atom is 0.341 e. The lowest BCUT2D eigenvalue weighted by atomic mass is 10.1. The highest BCUT2D eigenvalue weighted by Gasteiger charge is 2.31. The molecule has 1 saturated heterocycles. The van der Waals surface area contributed by atoms with E-state index < -0.39 is 0 Å². The van der Waals surface area contributed by atoms with Crippen LogP contribution in [0, 0.1) is 0 Å². The molecule has 1 aliphatic heterocycles. The van der Waals surface area contributed by atoms with Gasteiger partial charge in [-0.15, -0.1) is 0 Å². The third-order valence-electron chi connectivity index (χ3n) is 6.59. The average molecular weight is 473 g/mol. The van der Waals surface area contributed by atoms with Crippen LogP contribution in [0.1, 0.15) is 83.1 Å². The number of rotatable bonds is 11. The molecule has 0 amide bonds. The number of fused-ring (bicyclic) bond motifs is 1. The van der Waals surface area contributed by atoms with Gasteiger partial charge in [0.2, 0.25) is 5.82 Å². The summed E-state index contributed by atoms with van der Waals surface area (Å²) >= 11 is 0. The van der Waals surface area contributed by atoms with Crippen LogP contribution in [0.3, 0.4) is 0 Å². The first-order chi connectivity index (χ1) is 15.7. The molecule has 180 valence electrons. The number of nitrogens with two attached hydrogens (primary N) is 2. The number of nitrogens with zero attached hydrogens (tertiary/aromatic N) is 4. The Labute approximate surface area is 202 Å². The molecule has 4 N–H and O–H groups in total. The van der Waals surface area contributed by atoms with Gasteiger partial charge in [0.1, 0.15) is 0 Å². The zero-order valence-electron chi connectivity index (χ0n) is 19.7. The largest absolute Gasteiger partial charge is 1.00 e. The highest BCUT2D eigenvalue weighted by Crippen LogP contribution is 2.30. The Kier molecular flexibility index (Phi) is 9.18. The zero-order chi connectivity index (χ0) is 22.3. The molecule has 0 saturated carbocycles. The lowest BCUT2D eigenvalue weighted by Gasteiger charge is -2.07. The summed E-state index contributed by atoms with van der Waals surface area (Å²) in [7, 11) is 0. The third kappa shape index (κ3) is 6.08. The molecule has 0 radical (unpaired) electrons. The number of aromatic nitrogens is 3. The van der Waals surface area contributed by atoms with Crippen LogP contribution < -0.4 is 23.9 Å². The van der Waals surface area contributed by atoms with Crippen molar-refractivity contribution >= 4 is 16.9 Å². The number of benzene rings is 1. The molecule has 1 fully saturated rings. The maximum absolute atomic E-state index is 5.81. The summed E-state index contributed by atoms with van der Waals surface area (Å²) in [6.45, 7) is 4.16. The lowest BCUT2D eigenvalue weighted by molar-refractivity contribution is -0.555. The molecule has 1 aromatic carbocycles. The van der Waals surface area contributed by atoms with Crippen molar-refractivity contribution in [1.82, 2.24) is 14.7 Å². The molecule has 4 rings (SSSR count). The van der Waals surface area contributed by atoms with Crippen LogP contribution in [-0.4, -0.2) is 31.8 Å². The predicted molar refractivity (Wildman–Crippen MR) is 128 cm³/mol. The Morgan fingerprint density at radius 2 is 1.85 bits per heavy atom. The molecular formula is C25H37ClN6O. The van der Waals surface area contributed by atoms with E-state index >= 15 is 0 Å². The quantitative estimate of drug-likeness (QED) is 0.252. The van der Waals surface area contributed by atoms with Crippen molar-refractivity contribution in [1.29, 1.82) is 0 Å². The number of hydrogen-bond acceptors (Lipinski definition) is 3. The van der Waals surface area contributed by atoms with Gasteiger partial charge in [0.05, 0.1) is 6.54 Å². The molecule has 0 aliphatic carbocycles. The van der Waals surface area contributed by atoms with Crippen molar-refractivity contribution in [2.45, 2.75) is 83.7 Å². The fourth-order valence-electron chi connectivity index (χ4n) is 4.77. The number of aryl methyl sites for hydroxylation is 1. The van der Waals surface area contributed by atoms with Gasteiger partial charge in [-0.1, -0.05) is 57.0 Å². The van der Waals surface area contributed by atoms with Crippen LogP contribution in [0.15, 0.2) is 35.0 Å². The Balaban J connectivity index is 0.00000306. The topological polar surface area (TPSA) is 98.9 Å². The fourth-order valence-corrected chi connectivity index (χ4v) is 4.77. The lowest BCUT2D eigenvalue weighted by Crippen LogP contribution is -3.00. The van der Waals surface area contributed by atoms with Gasteiger partial charge in [0.15, 0.2) is 6.04 Å². The Morgan fingerprint density at radius 1 is 1.09 bits per heavy atom. The normalized spacial score (nSPS) is 15.8. The van der Waals surface area contributed by atoms with E-state index in [9.17, 15) is 0 Å². The number of halogens is 1. The van der Waals surface area contributed by atoms with Crippen LogP contribution in [0.5, 0.6) is 0 Å². The monoisotopic (exact) mass is 472 g/mol. The minimum Gasteiger partial charge on any atom is -1.00 e. The van der Waals surface area contributed by atoms with Gasteiger partial charge in [-0.05, 0) is 43.5 Å². The Bertz CT molecular complexity index is 1050. The molecule has 3 aromatic rings. The van der Waals surface area contributed by atoms with E-state index in [1.807, 2.05) is 4.58 Å². The summed E-state index contributed by atoms with van der Waals surface area (Å²) in [4.78, 5) is 4.65. The van der Waals surface area contributed by atoms with Gasteiger partial charge < -0.3 is 21.5 Å². The predicted octanol–water partition coefficient (Wildman–Crippen LogP) is 1.96. The minimum atomic E-state index is -0.0299. The van der Waals surface area contributed by atoms with Gasteiger partial charge in [-0.25, -0.2) is 0 Å². The van der Waals surface area contributed by atoms with Crippen molar-refractivity contribution in [3.63, 3.8) is 0 Å². The van der Waals surface area contributed by atoms with E-state index in [1.54, 1.807) is 0 Å². The molecule has 3 heterocycles. The fraction of sp³-hybridized carbons (Fsp3) is 0.560. The van der Waals surface area contributed by atoms with E-state index in [-0.39, 0.29) is 18.4 Å². The van der Waals surface area contributed by atoms with Crippen LogP contribution >= 0.6 is 0 Å². The molecule has 8 heteroatoms. The number of hydrogen-bond donors (Lipinski definition) is 2. The highest BCUT2D eigenvalue weighted by atomic mass is 35.5. The molecule has 33 heavy (non-hydrogen) atoms. The van der Waals surface area contributed by atoms with Gasteiger partial charge in [-0.3, -0.25) is 16.0 Å². The molecule has 1 aliphatic rings. The van der Waals surface area contributed by atoms with Crippen LogP contribution in [0.2, 0.25) is 0 Å². The summed E-state index contributed by atoms with van der Waals surface area (Å²) in [5, 5.41) is 5.43. The summed E-state index contributed by atoms with van der Waals surface area (Å²) in [5.74, 6) is 1.50. The smallest absolute Gasteiger partial charge is 0.341 e. The molecule has 0 spiro atoms. The summed E-state index contributed by atoms with van der Waals surface area (Å²) in [6, 6.07) is 8.53. The van der Waals surface area contributed by atoms with Crippen molar-refractivity contribution in [3.05, 3.63) is 36.4 Å².